The lowest BCUT2D eigenvalue weighted by Crippen LogP contribution is -2.49. The van der Waals surface area contributed by atoms with E-state index in [1.54, 1.807) is 24.3 Å². The average molecular weight is 336 g/mol. The van der Waals surface area contributed by atoms with Gasteiger partial charge in [-0.3, -0.25) is 4.72 Å². The molecule has 0 bridgehead atoms. The number of benzene rings is 2. The number of alkyl carbamates (subject to hydrolysis) is 1. The molecule has 23 heavy (non-hydrogen) atoms. The van der Waals surface area contributed by atoms with Gasteiger partial charge in [0.2, 0.25) is 0 Å². The predicted molar refractivity (Wildman–Crippen MR) is 84.9 cm³/mol. The van der Waals surface area contributed by atoms with Crippen LogP contribution in [0.4, 0.5) is 13.6 Å². The van der Waals surface area contributed by atoms with Gasteiger partial charge in [0.15, 0.2) is 0 Å². The summed E-state index contributed by atoms with van der Waals surface area (Å²) in [5, 5.41) is 2.72. The third kappa shape index (κ3) is 3.30. The summed E-state index contributed by atoms with van der Waals surface area (Å²) in [5.41, 5.74) is 1.78. The largest absolute Gasteiger partial charge is 0.448 e. The second-order valence-electron chi connectivity index (χ2n) is 5.20. The molecule has 4 nitrogen and oxygen atoms in total. The minimum Gasteiger partial charge on any atom is -0.448 e. The Kier molecular flexibility index (Phi) is 4.49. The summed E-state index contributed by atoms with van der Waals surface area (Å²) in [7, 11) is 0. The first-order chi connectivity index (χ1) is 11.1. The van der Waals surface area contributed by atoms with Gasteiger partial charge in [-0.15, -0.1) is 0 Å². The summed E-state index contributed by atoms with van der Waals surface area (Å²) in [5.74, 6) is -1.23. The van der Waals surface area contributed by atoms with Crippen LogP contribution in [0.1, 0.15) is 11.6 Å². The molecule has 1 fully saturated rings. The lowest BCUT2D eigenvalue weighted by molar-refractivity contribution is 0.101. The fraction of sp³-hybridized carbons (Fsp3) is 0.188. The van der Waals surface area contributed by atoms with Gasteiger partial charge >= 0.3 is 6.09 Å². The van der Waals surface area contributed by atoms with Gasteiger partial charge in [-0.2, -0.15) is 0 Å². The Labute approximate surface area is 137 Å². The summed E-state index contributed by atoms with van der Waals surface area (Å²) in [6.07, 6.45) is -0.497. The quantitative estimate of drug-likeness (QED) is 0.755. The predicted octanol–water partition coefficient (Wildman–Crippen LogP) is 3.22. The zero-order valence-electron chi connectivity index (χ0n) is 11.9. The van der Waals surface area contributed by atoms with Crippen molar-refractivity contribution in [3.8, 4) is 11.1 Å². The van der Waals surface area contributed by atoms with Crippen molar-refractivity contribution in [3.63, 3.8) is 0 Å². The lowest BCUT2D eigenvalue weighted by Gasteiger charge is -2.31. The highest BCUT2D eigenvalue weighted by atomic mass is 32.1. The average Bonchev–Trinajstić information content (AvgIpc) is 2.55. The Balaban J connectivity index is 1.88. The van der Waals surface area contributed by atoms with E-state index < -0.39 is 17.7 Å². The Morgan fingerprint density at radius 3 is 2.57 bits per heavy atom. The van der Waals surface area contributed by atoms with E-state index in [9.17, 15) is 13.6 Å². The fourth-order valence-electron chi connectivity index (χ4n) is 2.55. The van der Waals surface area contributed by atoms with E-state index in [4.69, 9.17) is 4.74 Å². The van der Waals surface area contributed by atoms with Gasteiger partial charge in [-0.1, -0.05) is 37.1 Å². The molecule has 2 aromatic carbocycles. The smallest absolute Gasteiger partial charge is 0.407 e. The molecule has 2 unspecified atom stereocenters. The molecular formula is C16H14F2N2O2S. The van der Waals surface area contributed by atoms with Gasteiger partial charge in [-0.05, 0) is 23.3 Å². The van der Waals surface area contributed by atoms with Crippen LogP contribution in [0.15, 0.2) is 42.5 Å². The van der Waals surface area contributed by atoms with Crippen molar-refractivity contribution in [3.05, 3.63) is 59.7 Å². The number of rotatable bonds is 3. The highest BCUT2D eigenvalue weighted by molar-refractivity contribution is 7.78. The molecule has 120 valence electrons. The molecule has 1 aliphatic rings. The van der Waals surface area contributed by atoms with Crippen LogP contribution in [0.5, 0.6) is 0 Å². The first kappa shape index (κ1) is 15.8. The van der Waals surface area contributed by atoms with Crippen LogP contribution in [0, 0.1) is 11.6 Å². The molecule has 2 aromatic rings. The number of carbonyl (C=O) groups is 1. The minimum absolute atomic E-state index is 0.190. The molecule has 1 aliphatic heterocycles. The third-order valence-electron chi connectivity index (χ3n) is 3.75. The Hall–Kier alpha value is -2.12. The van der Waals surface area contributed by atoms with Crippen LogP contribution in [0.3, 0.4) is 0 Å². The van der Waals surface area contributed by atoms with Crippen LogP contribution in [-0.4, -0.2) is 18.7 Å². The summed E-state index contributed by atoms with van der Waals surface area (Å²) >= 11 is 4.04. The standard InChI is InChI=1S/C16H14F2N2O2S/c17-11-5-6-12(13(18)7-11)9-1-3-10(4-2-9)15-14(20-23)8-22-16(21)19-15/h1-7,14-15,20,23H,8H2,(H,19,21). The first-order valence-corrected chi connectivity index (χ1v) is 7.41. The zero-order valence-corrected chi connectivity index (χ0v) is 12.8. The highest BCUT2D eigenvalue weighted by Crippen LogP contribution is 2.27. The molecule has 0 aliphatic carbocycles. The minimum atomic E-state index is -0.618. The van der Waals surface area contributed by atoms with E-state index in [1.165, 1.54) is 12.1 Å². The van der Waals surface area contributed by atoms with Gasteiger partial charge in [0, 0.05) is 11.6 Å². The van der Waals surface area contributed by atoms with E-state index in [0.29, 0.717) is 11.1 Å². The fourth-order valence-corrected chi connectivity index (χ4v) is 2.78. The maximum atomic E-state index is 13.8. The maximum Gasteiger partial charge on any atom is 0.407 e. The summed E-state index contributed by atoms with van der Waals surface area (Å²) < 4.78 is 34.5. The molecule has 1 heterocycles. The van der Waals surface area contributed by atoms with Gasteiger partial charge in [-0.25, -0.2) is 13.6 Å². The number of hydrogen-bond donors (Lipinski definition) is 3. The van der Waals surface area contributed by atoms with Crippen molar-refractivity contribution in [2.75, 3.05) is 6.61 Å². The first-order valence-electron chi connectivity index (χ1n) is 6.97. The monoisotopic (exact) mass is 336 g/mol. The Bertz CT molecular complexity index is 725. The van der Waals surface area contributed by atoms with Gasteiger partial charge < -0.3 is 10.1 Å². The van der Waals surface area contributed by atoms with Gasteiger partial charge in [0.1, 0.15) is 18.2 Å². The van der Waals surface area contributed by atoms with E-state index in [-0.39, 0.29) is 18.7 Å². The Morgan fingerprint density at radius 1 is 1.17 bits per heavy atom. The number of halogens is 2. The molecule has 0 aromatic heterocycles. The van der Waals surface area contributed by atoms with Crippen molar-refractivity contribution in [1.29, 1.82) is 0 Å². The van der Waals surface area contributed by atoms with E-state index in [0.717, 1.165) is 11.6 Å². The van der Waals surface area contributed by atoms with Crippen LogP contribution >= 0.6 is 12.8 Å². The van der Waals surface area contributed by atoms with Crippen molar-refractivity contribution < 1.29 is 18.3 Å². The van der Waals surface area contributed by atoms with Crippen molar-refractivity contribution in [2.24, 2.45) is 0 Å². The number of carbonyl (C=O) groups excluding carboxylic acids is 1. The topological polar surface area (TPSA) is 50.4 Å². The molecule has 0 saturated carbocycles. The molecule has 3 rings (SSSR count). The van der Waals surface area contributed by atoms with Crippen LogP contribution in [0.2, 0.25) is 0 Å². The number of hydrogen-bond acceptors (Lipinski definition) is 4. The van der Waals surface area contributed by atoms with Crippen LogP contribution in [0.25, 0.3) is 11.1 Å². The number of nitrogens with one attached hydrogen (secondary N) is 2. The molecule has 1 saturated heterocycles. The summed E-state index contributed by atoms with van der Waals surface area (Å²) in [6, 6.07) is 9.98. The maximum absolute atomic E-state index is 13.8. The van der Waals surface area contributed by atoms with E-state index >= 15 is 0 Å². The third-order valence-corrected chi connectivity index (χ3v) is 4.08. The summed E-state index contributed by atoms with van der Waals surface area (Å²) in [6.45, 7) is 0.203. The Morgan fingerprint density at radius 2 is 1.91 bits per heavy atom. The van der Waals surface area contributed by atoms with Gasteiger partial charge in [0.25, 0.3) is 0 Å². The molecule has 2 N–H and O–H groups in total. The normalized spacial score (nSPS) is 20.7. The number of amides is 1. The van der Waals surface area contributed by atoms with E-state index in [1.807, 2.05) is 0 Å². The second-order valence-corrected chi connectivity index (χ2v) is 5.46. The highest BCUT2D eigenvalue weighted by Gasteiger charge is 2.30. The van der Waals surface area contributed by atoms with Crippen molar-refractivity contribution in [1.82, 2.24) is 10.0 Å². The SMILES string of the molecule is O=C1NC(c2ccc(-c3ccc(F)cc3F)cc2)C(NS)CO1. The molecule has 0 spiro atoms. The van der Waals surface area contributed by atoms with E-state index in [2.05, 4.69) is 22.9 Å². The molecular weight excluding hydrogens is 322 g/mol. The number of cyclic esters (lactones) is 1. The van der Waals surface area contributed by atoms with Crippen LogP contribution < -0.4 is 10.0 Å². The zero-order chi connectivity index (χ0) is 16.4. The lowest BCUT2D eigenvalue weighted by atomic mass is 9.96. The molecule has 0 radical (unpaired) electrons. The molecule has 7 heteroatoms. The second kappa shape index (κ2) is 6.55. The van der Waals surface area contributed by atoms with Crippen molar-refractivity contribution in [2.45, 2.75) is 12.1 Å². The van der Waals surface area contributed by atoms with Crippen molar-refractivity contribution >= 4 is 18.9 Å². The number of ether oxygens (including phenoxy) is 1. The summed E-state index contributed by atoms with van der Waals surface area (Å²) in [4.78, 5) is 11.4. The number of thiol groups is 1. The molecule has 2 atom stereocenters. The molecule has 1 amide bonds. The van der Waals surface area contributed by atoms with Gasteiger partial charge in [0.05, 0.1) is 12.1 Å². The van der Waals surface area contributed by atoms with Crippen LogP contribution in [-0.2, 0) is 4.74 Å².